The van der Waals surface area contributed by atoms with Crippen LogP contribution < -0.4 is 10.5 Å². The van der Waals surface area contributed by atoms with Crippen molar-refractivity contribution in [2.24, 2.45) is 0 Å². The van der Waals surface area contributed by atoms with Crippen LogP contribution >= 0.6 is 15.9 Å². The van der Waals surface area contributed by atoms with E-state index in [1.807, 2.05) is 26.0 Å². The molecule has 0 saturated carbocycles. The maximum atomic E-state index is 11.6. The summed E-state index contributed by atoms with van der Waals surface area (Å²) >= 11 is 3.50. The molecule has 0 atom stereocenters. The van der Waals surface area contributed by atoms with Crippen LogP contribution in [0.4, 0.5) is 5.69 Å². The van der Waals surface area contributed by atoms with Crippen LogP contribution in [0.15, 0.2) is 28.9 Å². The van der Waals surface area contributed by atoms with Gasteiger partial charge in [0.05, 0.1) is 24.6 Å². The molecule has 2 N–H and O–H groups in total. The summed E-state index contributed by atoms with van der Waals surface area (Å²) in [6.45, 7) is 3.94. The molecule has 6 heteroatoms. The SMILES string of the molecule is COC(=O)c1cc(Oc2cc(C)c(Br)c(C)c2)ncc1N. The molecule has 5 nitrogen and oxygen atoms in total. The maximum absolute atomic E-state index is 11.6. The molecule has 1 heterocycles. The van der Waals surface area contributed by atoms with E-state index in [9.17, 15) is 4.79 Å². The van der Waals surface area contributed by atoms with Crippen molar-refractivity contribution in [1.29, 1.82) is 0 Å². The number of anilines is 1. The van der Waals surface area contributed by atoms with Gasteiger partial charge >= 0.3 is 5.97 Å². The summed E-state index contributed by atoms with van der Waals surface area (Å²) in [6, 6.07) is 5.23. The van der Waals surface area contributed by atoms with E-state index < -0.39 is 5.97 Å². The van der Waals surface area contributed by atoms with E-state index in [0.717, 1.165) is 15.6 Å². The Hall–Kier alpha value is -2.08. The highest BCUT2D eigenvalue weighted by atomic mass is 79.9. The van der Waals surface area contributed by atoms with Gasteiger partial charge in [-0.3, -0.25) is 0 Å². The number of hydrogen-bond donors (Lipinski definition) is 1. The molecule has 0 radical (unpaired) electrons. The average molecular weight is 351 g/mol. The van der Waals surface area contributed by atoms with Crippen LogP contribution in [0.1, 0.15) is 21.5 Å². The van der Waals surface area contributed by atoms with Crippen LogP contribution in [-0.4, -0.2) is 18.1 Å². The second-order valence-corrected chi connectivity index (χ2v) is 5.37. The van der Waals surface area contributed by atoms with E-state index in [1.165, 1.54) is 19.4 Å². The first-order valence-electron chi connectivity index (χ1n) is 6.20. The molecule has 2 rings (SSSR count). The first kappa shape index (κ1) is 15.3. The number of aromatic nitrogens is 1. The van der Waals surface area contributed by atoms with Crippen LogP contribution in [0, 0.1) is 13.8 Å². The number of nitrogen functional groups attached to an aromatic ring is 1. The summed E-state index contributed by atoms with van der Waals surface area (Å²) in [5.41, 5.74) is 8.28. The van der Waals surface area contributed by atoms with Crippen LogP contribution in [0.25, 0.3) is 0 Å². The minimum Gasteiger partial charge on any atom is -0.465 e. The molecule has 1 aromatic heterocycles. The number of carbonyl (C=O) groups excluding carboxylic acids is 1. The Morgan fingerprint density at radius 3 is 2.43 bits per heavy atom. The molecule has 2 aromatic rings. The third kappa shape index (κ3) is 3.33. The Balaban J connectivity index is 2.34. The molecule has 0 saturated heterocycles. The van der Waals surface area contributed by atoms with Gasteiger partial charge in [-0.1, -0.05) is 15.9 Å². The smallest absolute Gasteiger partial charge is 0.340 e. The van der Waals surface area contributed by atoms with Crippen molar-refractivity contribution in [2.45, 2.75) is 13.8 Å². The summed E-state index contributed by atoms with van der Waals surface area (Å²) in [6.07, 6.45) is 1.38. The van der Waals surface area contributed by atoms with Gasteiger partial charge in [-0.15, -0.1) is 0 Å². The number of halogens is 1. The molecule has 0 spiro atoms. The molecule has 0 amide bonds. The van der Waals surface area contributed by atoms with Crippen molar-refractivity contribution < 1.29 is 14.3 Å². The fourth-order valence-electron chi connectivity index (χ4n) is 1.88. The molecule has 0 fully saturated rings. The van der Waals surface area contributed by atoms with Gasteiger partial charge in [0.25, 0.3) is 0 Å². The van der Waals surface area contributed by atoms with Crippen molar-refractivity contribution in [2.75, 3.05) is 12.8 Å². The van der Waals surface area contributed by atoms with Crippen molar-refractivity contribution in [1.82, 2.24) is 4.98 Å². The lowest BCUT2D eigenvalue weighted by molar-refractivity contribution is 0.0601. The predicted octanol–water partition coefficient (Wildman–Crippen LogP) is 3.62. The molecule has 0 aliphatic rings. The number of pyridine rings is 1. The van der Waals surface area contributed by atoms with Gasteiger partial charge in [0.1, 0.15) is 5.75 Å². The number of carbonyl (C=O) groups is 1. The minimum atomic E-state index is -0.525. The van der Waals surface area contributed by atoms with Crippen LogP contribution in [-0.2, 0) is 4.74 Å². The van der Waals surface area contributed by atoms with E-state index in [4.69, 9.17) is 10.5 Å². The normalized spacial score (nSPS) is 10.3. The van der Waals surface area contributed by atoms with Crippen molar-refractivity contribution in [3.05, 3.63) is 45.6 Å². The van der Waals surface area contributed by atoms with Crippen molar-refractivity contribution in [3.63, 3.8) is 0 Å². The number of hydrogen-bond acceptors (Lipinski definition) is 5. The van der Waals surface area contributed by atoms with Crippen LogP contribution in [0.2, 0.25) is 0 Å². The Labute approximate surface area is 131 Å². The second kappa shape index (κ2) is 6.13. The maximum Gasteiger partial charge on any atom is 0.340 e. The van der Waals surface area contributed by atoms with E-state index in [2.05, 4.69) is 25.7 Å². The number of ether oxygens (including phenoxy) is 2. The number of nitrogens with two attached hydrogens (primary N) is 1. The van der Waals surface area contributed by atoms with Crippen molar-refractivity contribution in [3.8, 4) is 11.6 Å². The zero-order valence-corrected chi connectivity index (χ0v) is 13.5. The van der Waals surface area contributed by atoms with Gasteiger partial charge in [0.2, 0.25) is 5.88 Å². The van der Waals surface area contributed by atoms with E-state index in [0.29, 0.717) is 5.75 Å². The summed E-state index contributed by atoms with van der Waals surface area (Å²) in [7, 11) is 1.30. The standard InChI is InChI=1S/C15H15BrN2O3/c1-8-4-10(5-9(2)14(8)16)21-13-6-11(15(19)20-3)12(17)7-18-13/h4-7H,17H2,1-3H3. The number of aryl methyl sites for hydroxylation is 2. The van der Waals surface area contributed by atoms with Crippen LogP contribution in [0.3, 0.4) is 0 Å². The van der Waals surface area contributed by atoms with Gasteiger partial charge in [-0.2, -0.15) is 0 Å². The lowest BCUT2D eigenvalue weighted by Gasteiger charge is -2.10. The minimum absolute atomic E-state index is 0.230. The molecular formula is C15H15BrN2O3. The Bertz CT molecular complexity index is 678. The molecule has 0 aliphatic heterocycles. The topological polar surface area (TPSA) is 74.4 Å². The van der Waals surface area contributed by atoms with Gasteiger partial charge in [0, 0.05) is 10.5 Å². The molecular weight excluding hydrogens is 336 g/mol. The fraction of sp³-hybridized carbons (Fsp3) is 0.200. The number of methoxy groups -OCH3 is 1. The van der Waals surface area contributed by atoms with Gasteiger partial charge in [0.15, 0.2) is 0 Å². The largest absolute Gasteiger partial charge is 0.465 e. The zero-order chi connectivity index (χ0) is 15.6. The Kier molecular flexibility index (Phi) is 4.47. The summed E-state index contributed by atoms with van der Waals surface area (Å²) in [5.74, 6) is 0.398. The lowest BCUT2D eigenvalue weighted by atomic mass is 10.1. The highest BCUT2D eigenvalue weighted by Crippen LogP contribution is 2.29. The summed E-state index contributed by atoms with van der Waals surface area (Å²) in [4.78, 5) is 15.7. The third-order valence-corrected chi connectivity index (χ3v) is 4.20. The number of rotatable bonds is 3. The number of nitrogens with zero attached hydrogens (tertiary/aromatic N) is 1. The Morgan fingerprint density at radius 2 is 1.86 bits per heavy atom. The highest BCUT2D eigenvalue weighted by Gasteiger charge is 2.13. The molecule has 0 unspecified atom stereocenters. The first-order chi connectivity index (χ1) is 9.92. The van der Waals surface area contributed by atoms with Crippen molar-refractivity contribution >= 4 is 27.6 Å². The zero-order valence-electron chi connectivity index (χ0n) is 11.9. The van der Waals surface area contributed by atoms with Gasteiger partial charge < -0.3 is 15.2 Å². The number of benzene rings is 1. The second-order valence-electron chi connectivity index (χ2n) is 4.57. The van der Waals surface area contributed by atoms with E-state index in [-0.39, 0.29) is 17.1 Å². The van der Waals surface area contributed by atoms with Gasteiger partial charge in [-0.25, -0.2) is 9.78 Å². The molecule has 0 aliphatic carbocycles. The molecule has 1 aromatic carbocycles. The Morgan fingerprint density at radius 1 is 1.24 bits per heavy atom. The quantitative estimate of drug-likeness (QED) is 0.855. The van der Waals surface area contributed by atoms with E-state index >= 15 is 0 Å². The molecule has 110 valence electrons. The monoisotopic (exact) mass is 350 g/mol. The first-order valence-corrected chi connectivity index (χ1v) is 7.00. The summed E-state index contributed by atoms with van der Waals surface area (Å²) < 4.78 is 11.4. The summed E-state index contributed by atoms with van der Waals surface area (Å²) in [5, 5.41) is 0. The number of esters is 1. The fourth-order valence-corrected chi connectivity index (χ4v) is 2.10. The average Bonchev–Trinajstić information content (AvgIpc) is 2.46. The highest BCUT2D eigenvalue weighted by molar-refractivity contribution is 9.10. The lowest BCUT2D eigenvalue weighted by Crippen LogP contribution is -2.06. The predicted molar refractivity (Wildman–Crippen MR) is 83.7 cm³/mol. The third-order valence-electron chi connectivity index (χ3n) is 2.95. The molecule has 21 heavy (non-hydrogen) atoms. The van der Waals surface area contributed by atoms with Gasteiger partial charge in [-0.05, 0) is 37.1 Å². The van der Waals surface area contributed by atoms with E-state index in [1.54, 1.807) is 0 Å². The molecule has 0 bridgehead atoms. The van der Waals surface area contributed by atoms with Crippen LogP contribution in [0.5, 0.6) is 11.6 Å².